The number of aliphatic hydroxyl groups is 1. The molecule has 0 bridgehead atoms. The van der Waals surface area contributed by atoms with Gasteiger partial charge in [0, 0.05) is 0 Å². The predicted octanol–water partition coefficient (Wildman–Crippen LogP) is 1.48. The van der Waals surface area contributed by atoms with Gasteiger partial charge in [0.15, 0.2) is 0 Å². The summed E-state index contributed by atoms with van der Waals surface area (Å²) in [5.41, 5.74) is 7.66. The first-order valence-electron chi connectivity index (χ1n) is 5.23. The third-order valence-corrected chi connectivity index (χ3v) is 2.50. The molecule has 0 saturated carbocycles. The summed E-state index contributed by atoms with van der Waals surface area (Å²) in [5.74, 6) is -0.153. The van der Waals surface area contributed by atoms with Crippen LogP contribution in [0.25, 0.3) is 0 Å². The van der Waals surface area contributed by atoms with Gasteiger partial charge in [-0.15, -0.1) is 0 Å². The van der Waals surface area contributed by atoms with Crippen molar-refractivity contribution in [3.63, 3.8) is 0 Å². The summed E-state index contributed by atoms with van der Waals surface area (Å²) in [5, 5.41) is 16.4. The van der Waals surface area contributed by atoms with E-state index in [1.54, 1.807) is 0 Å². The zero-order chi connectivity index (χ0) is 11.3. The molecule has 1 atom stereocenters. The standard InChI is InChI=1S/C12H18N2O/c1-2-9-3-5-10(6-4-9)7-8-11(15)12(13)14/h3-6,11,15H,2,7-8H2,1H3,(H3,13,14). The van der Waals surface area contributed by atoms with Gasteiger partial charge in [0.1, 0.15) is 11.9 Å². The number of benzene rings is 1. The Morgan fingerprint density at radius 2 is 1.87 bits per heavy atom. The highest BCUT2D eigenvalue weighted by molar-refractivity contribution is 5.81. The molecule has 1 unspecified atom stereocenters. The van der Waals surface area contributed by atoms with Gasteiger partial charge in [0.2, 0.25) is 0 Å². The molecule has 0 aliphatic rings. The van der Waals surface area contributed by atoms with E-state index in [2.05, 4.69) is 31.2 Å². The second-order valence-corrected chi connectivity index (χ2v) is 3.68. The van der Waals surface area contributed by atoms with Gasteiger partial charge in [0.25, 0.3) is 0 Å². The molecule has 3 nitrogen and oxygen atoms in total. The van der Waals surface area contributed by atoms with Gasteiger partial charge in [-0.05, 0) is 30.4 Å². The molecule has 0 spiro atoms. The van der Waals surface area contributed by atoms with E-state index in [1.807, 2.05) is 0 Å². The Hall–Kier alpha value is -1.35. The van der Waals surface area contributed by atoms with E-state index in [9.17, 15) is 5.11 Å². The van der Waals surface area contributed by atoms with E-state index < -0.39 is 6.10 Å². The van der Waals surface area contributed by atoms with Crippen molar-refractivity contribution >= 4 is 5.84 Å². The van der Waals surface area contributed by atoms with Gasteiger partial charge >= 0.3 is 0 Å². The Labute approximate surface area is 90.4 Å². The van der Waals surface area contributed by atoms with E-state index in [4.69, 9.17) is 11.1 Å². The summed E-state index contributed by atoms with van der Waals surface area (Å²) in [6, 6.07) is 8.31. The molecule has 0 aliphatic heterocycles. The van der Waals surface area contributed by atoms with Crippen molar-refractivity contribution in [1.29, 1.82) is 5.41 Å². The molecule has 1 aromatic rings. The van der Waals surface area contributed by atoms with E-state index in [0.29, 0.717) is 6.42 Å². The van der Waals surface area contributed by atoms with Gasteiger partial charge < -0.3 is 10.8 Å². The highest BCUT2D eigenvalue weighted by Gasteiger charge is 2.06. The lowest BCUT2D eigenvalue weighted by Crippen LogP contribution is -2.27. The highest BCUT2D eigenvalue weighted by Crippen LogP contribution is 2.08. The van der Waals surface area contributed by atoms with Crippen LogP contribution in [-0.4, -0.2) is 17.0 Å². The molecule has 0 saturated heterocycles. The smallest absolute Gasteiger partial charge is 0.120 e. The van der Waals surface area contributed by atoms with Crippen LogP contribution in [0.5, 0.6) is 0 Å². The average molecular weight is 206 g/mol. The Kier molecular flexibility index (Phi) is 4.31. The van der Waals surface area contributed by atoms with Crippen molar-refractivity contribution in [3.05, 3.63) is 35.4 Å². The molecule has 0 radical (unpaired) electrons. The molecule has 1 aromatic carbocycles. The maximum Gasteiger partial charge on any atom is 0.120 e. The van der Waals surface area contributed by atoms with E-state index in [1.165, 1.54) is 11.1 Å². The third kappa shape index (κ3) is 3.72. The van der Waals surface area contributed by atoms with Crippen molar-refractivity contribution in [3.8, 4) is 0 Å². The minimum Gasteiger partial charge on any atom is -0.385 e. The number of rotatable bonds is 5. The van der Waals surface area contributed by atoms with Gasteiger partial charge in [-0.2, -0.15) is 0 Å². The fourth-order valence-electron chi connectivity index (χ4n) is 1.40. The Bertz CT molecular complexity index is 319. The summed E-state index contributed by atoms with van der Waals surface area (Å²) in [6.07, 6.45) is 1.50. The SMILES string of the molecule is CCc1ccc(CCC(O)C(=N)N)cc1. The van der Waals surface area contributed by atoms with Crippen molar-refractivity contribution in [2.24, 2.45) is 5.73 Å². The van der Waals surface area contributed by atoms with Crippen LogP contribution in [0.3, 0.4) is 0 Å². The number of nitrogens with one attached hydrogen (secondary N) is 1. The van der Waals surface area contributed by atoms with Gasteiger partial charge in [-0.25, -0.2) is 0 Å². The minimum atomic E-state index is -0.809. The topological polar surface area (TPSA) is 70.1 Å². The number of hydrogen-bond donors (Lipinski definition) is 3. The summed E-state index contributed by atoms with van der Waals surface area (Å²) in [6.45, 7) is 2.12. The third-order valence-electron chi connectivity index (χ3n) is 2.50. The zero-order valence-corrected chi connectivity index (χ0v) is 9.03. The minimum absolute atomic E-state index is 0.153. The lowest BCUT2D eigenvalue weighted by molar-refractivity contribution is 0.229. The van der Waals surface area contributed by atoms with Crippen LogP contribution < -0.4 is 5.73 Å². The first-order valence-corrected chi connectivity index (χ1v) is 5.23. The summed E-state index contributed by atoms with van der Waals surface area (Å²) < 4.78 is 0. The number of aliphatic hydroxyl groups excluding tert-OH is 1. The Balaban J connectivity index is 2.47. The maximum absolute atomic E-state index is 9.34. The average Bonchev–Trinajstić information content (AvgIpc) is 2.26. The quantitative estimate of drug-likeness (QED) is 0.504. The molecule has 0 aliphatic carbocycles. The summed E-state index contributed by atoms with van der Waals surface area (Å²) >= 11 is 0. The van der Waals surface area contributed by atoms with Crippen LogP contribution in [0.15, 0.2) is 24.3 Å². The lowest BCUT2D eigenvalue weighted by atomic mass is 10.0. The normalized spacial score (nSPS) is 12.4. The Morgan fingerprint density at radius 3 is 2.33 bits per heavy atom. The second-order valence-electron chi connectivity index (χ2n) is 3.68. The molecule has 0 amide bonds. The maximum atomic E-state index is 9.34. The van der Waals surface area contributed by atoms with Gasteiger partial charge in [-0.3, -0.25) is 5.41 Å². The van der Waals surface area contributed by atoms with Crippen LogP contribution >= 0.6 is 0 Å². The highest BCUT2D eigenvalue weighted by atomic mass is 16.3. The second kappa shape index (κ2) is 5.51. The van der Waals surface area contributed by atoms with Gasteiger partial charge in [0.05, 0.1) is 0 Å². The van der Waals surface area contributed by atoms with E-state index in [-0.39, 0.29) is 5.84 Å². The van der Waals surface area contributed by atoms with Crippen LogP contribution in [0.4, 0.5) is 0 Å². The molecule has 82 valence electrons. The van der Waals surface area contributed by atoms with E-state index in [0.717, 1.165) is 12.8 Å². The van der Waals surface area contributed by atoms with Crippen LogP contribution in [0.2, 0.25) is 0 Å². The van der Waals surface area contributed by atoms with Crippen LogP contribution in [-0.2, 0) is 12.8 Å². The molecule has 15 heavy (non-hydrogen) atoms. The molecule has 4 N–H and O–H groups in total. The molecular weight excluding hydrogens is 188 g/mol. The molecule has 0 aromatic heterocycles. The van der Waals surface area contributed by atoms with E-state index >= 15 is 0 Å². The summed E-state index contributed by atoms with van der Waals surface area (Å²) in [4.78, 5) is 0. The number of amidine groups is 1. The number of aryl methyl sites for hydroxylation is 2. The monoisotopic (exact) mass is 206 g/mol. The number of nitrogens with two attached hydrogens (primary N) is 1. The summed E-state index contributed by atoms with van der Waals surface area (Å²) in [7, 11) is 0. The first-order chi connectivity index (χ1) is 7.13. The molecule has 1 rings (SSSR count). The number of hydrogen-bond acceptors (Lipinski definition) is 2. The van der Waals surface area contributed by atoms with Crippen LogP contribution in [0.1, 0.15) is 24.5 Å². The fraction of sp³-hybridized carbons (Fsp3) is 0.417. The van der Waals surface area contributed by atoms with Crippen molar-refractivity contribution in [1.82, 2.24) is 0 Å². The van der Waals surface area contributed by atoms with Gasteiger partial charge in [-0.1, -0.05) is 31.2 Å². The molecule has 0 heterocycles. The Morgan fingerprint density at radius 1 is 1.33 bits per heavy atom. The molecule has 3 heteroatoms. The van der Waals surface area contributed by atoms with Crippen LogP contribution in [0, 0.1) is 5.41 Å². The van der Waals surface area contributed by atoms with Crippen molar-refractivity contribution in [2.45, 2.75) is 32.3 Å². The zero-order valence-electron chi connectivity index (χ0n) is 9.03. The predicted molar refractivity (Wildman–Crippen MR) is 62.1 cm³/mol. The first kappa shape index (κ1) is 11.7. The fourth-order valence-corrected chi connectivity index (χ4v) is 1.40. The van der Waals surface area contributed by atoms with Crippen molar-refractivity contribution < 1.29 is 5.11 Å². The molecule has 0 fully saturated rings. The molecular formula is C12H18N2O. The lowest BCUT2D eigenvalue weighted by Gasteiger charge is -2.08. The largest absolute Gasteiger partial charge is 0.385 e. The van der Waals surface area contributed by atoms with Crippen molar-refractivity contribution in [2.75, 3.05) is 0 Å².